The van der Waals surface area contributed by atoms with Crippen molar-refractivity contribution in [2.24, 2.45) is 0 Å². The third-order valence-electron chi connectivity index (χ3n) is 3.61. The number of carbonyl (C=O) groups is 1. The summed E-state index contributed by atoms with van der Waals surface area (Å²) < 4.78 is 38.6. The summed E-state index contributed by atoms with van der Waals surface area (Å²) in [4.78, 5) is 16.2. The van der Waals surface area contributed by atoms with E-state index in [2.05, 4.69) is 10.3 Å². The van der Waals surface area contributed by atoms with Gasteiger partial charge in [-0.05, 0) is 35.9 Å². The molecule has 134 valence electrons. The number of benzene rings is 2. The Labute approximate surface area is 150 Å². The quantitative estimate of drug-likeness (QED) is 0.746. The van der Waals surface area contributed by atoms with Crippen molar-refractivity contribution in [2.45, 2.75) is 5.75 Å². The summed E-state index contributed by atoms with van der Waals surface area (Å²) in [6, 6.07) is 10.6. The Kier molecular flexibility index (Phi) is 4.85. The maximum atomic E-state index is 14.2. The van der Waals surface area contributed by atoms with Crippen LogP contribution in [0.25, 0.3) is 5.69 Å². The van der Waals surface area contributed by atoms with E-state index in [0.29, 0.717) is 22.5 Å². The van der Waals surface area contributed by atoms with Gasteiger partial charge in [0.1, 0.15) is 5.82 Å². The predicted molar refractivity (Wildman–Crippen MR) is 96.5 cm³/mol. The van der Waals surface area contributed by atoms with Crippen LogP contribution < -0.4 is 5.32 Å². The zero-order chi connectivity index (χ0) is 18.7. The van der Waals surface area contributed by atoms with Crippen LogP contribution in [0.4, 0.5) is 10.1 Å². The fraction of sp³-hybridized carbons (Fsp3) is 0.111. The molecule has 1 amide bonds. The van der Waals surface area contributed by atoms with E-state index in [1.807, 2.05) is 0 Å². The lowest BCUT2D eigenvalue weighted by molar-refractivity contribution is 0.102. The molecule has 0 aliphatic rings. The number of amides is 1. The van der Waals surface area contributed by atoms with E-state index >= 15 is 0 Å². The zero-order valence-corrected chi connectivity index (χ0v) is 14.7. The maximum absolute atomic E-state index is 14.2. The number of anilines is 1. The summed E-state index contributed by atoms with van der Waals surface area (Å²) in [5, 5.41) is 2.61. The van der Waals surface area contributed by atoms with Gasteiger partial charge in [-0.1, -0.05) is 12.1 Å². The van der Waals surface area contributed by atoms with Crippen molar-refractivity contribution in [1.82, 2.24) is 9.55 Å². The standard InChI is InChI=1S/C18H16FN3O3S/c1-26(24,25)11-13-3-2-4-14(9-13)18(23)21-15-5-6-17(16(19)10-15)22-8-7-20-12-22/h2-10,12H,11H2,1H3,(H,21,23). The van der Waals surface area contributed by atoms with E-state index in [1.54, 1.807) is 36.7 Å². The molecule has 2 aromatic carbocycles. The number of hydrogen-bond donors (Lipinski definition) is 1. The van der Waals surface area contributed by atoms with Crippen LogP contribution in [0.15, 0.2) is 61.2 Å². The van der Waals surface area contributed by atoms with E-state index < -0.39 is 21.6 Å². The van der Waals surface area contributed by atoms with Gasteiger partial charge < -0.3 is 9.88 Å². The van der Waals surface area contributed by atoms with Gasteiger partial charge in [0.05, 0.1) is 17.8 Å². The molecular formula is C18H16FN3O3S. The smallest absolute Gasteiger partial charge is 0.255 e. The lowest BCUT2D eigenvalue weighted by atomic mass is 10.1. The molecule has 3 aromatic rings. The van der Waals surface area contributed by atoms with Gasteiger partial charge in [-0.2, -0.15) is 0 Å². The molecule has 1 N–H and O–H groups in total. The molecule has 0 unspecified atom stereocenters. The number of imidazole rings is 1. The first-order valence-electron chi connectivity index (χ1n) is 7.68. The van der Waals surface area contributed by atoms with Crippen molar-refractivity contribution in [3.8, 4) is 5.69 Å². The fourth-order valence-electron chi connectivity index (χ4n) is 2.50. The van der Waals surface area contributed by atoms with E-state index in [9.17, 15) is 17.6 Å². The number of nitrogens with one attached hydrogen (secondary N) is 1. The first-order valence-corrected chi connectivity index (χ1v) is 9.74. The second kappa shape index (κ2) is 7.09. The molecule has 0 bridgehead atoms. The number of halogens is 1. The maximum Gasteiger partial charge on any atom is 0.255 e. The van der Waals surface area contributed by atoms with E-state index in [1.165, 1.54) is 29.1 Å². The number of carbonyl (C=O) groups excluding carboxylic acids is 1. The molecule has 0 fully saturated rings. The van der Waals surface area contributed by atoms with Crippen LogP contribution in [-0.2, 0) is 15.6 Å². The van der Waals surface area contributed by atoms with Crippen LogP contribution in [-0.4, -0.2) is 30.1 Å². The van der Waals surface area contributed by atoms with Gasteiger partial charge in [-0.3, -0.25) is 4.79 Å². The predicted octanol–water partition coefficient (Wildman–Crippen LogP) is 2.81. The summed E-state index contributed by atoms with van der Waals surface area (Å²) in [7, 11) is -3.20. The summed E-state index contributed by atoms with van der Waals surface area (Å²) in [6.07, 6.45) is 5.76. The van der Waals surface area contributed by atoms with E-state index in [0.717, 1.165) is 6.26 Å². The number of sulfone groups is 1. The normalized spacial score (nSPS) is 11.3. The Morgan fingerprint density at radius 2 is 2.04 bits per heavy atom. The minimum atomic E-state index is -3.20. The van der Waals surface area contributed by atoms with Gasteiger partial charge in [-0.15, -0.1) is 0 Å². The molecule has 3 rings (SSSR count). The Morgan fingerprint density at radius 1 is 1.23 bits per heavy atom. The second-order valence-corrected chi connectivity index (χ2v) is 8.00. The minimum absolute atomic E-state index is 0.150. The molecule has 6 nitrogen and oxygen atoms in total. The minimum Gasteiger partial charge on any atom is -0.322 e. The first kappa shape index (κ1) is 17.8. The van der Waals surface area contributed by atoms with Crippen LogP contribution >= 0.6 is 0 Å². The van der Waals surface area contributed by atoms with Crippen LogP contribution in [0.5, 0.6) is 0 Å². The summed E-state index contributed by atoms with van der Waals surface area (Å²) in [5.41, 5.74) is 1.42. The molecule has 0 saturated heterocycles. The van der Waals surface area contributed by atoms with Gasteiger partial charge in [-0.25, -0.2) is 17.8 Å². The van der Waals surface area contributed by atoms with Crippen molar-refractivity contribution in [3.05, 3.63) is 78.1 Å². The lowest BCUT2D eigenvalue weighted by Crippen LogP contribution is -2.13. The third kappa shape index (κ3) is 4.34. The SMILES string of the molecule is CS(=O)(=O)Cc1cccc(C(=O)Nc2ccc(-n3ccnc3)c(F)c2)c1. The highest BCUT2D eigenvalue weighted by molar-refractivity contribution is 7.89. The highest BCUT2D eigenvalue weighted by Crippen LogP contribution is 2.19. The molecule has 0 aliphatic heterocycles. The van der Waals surface area contributed by atoms with Gasteiger partial charge in [0, 0.05) is 29.9 Å². The molecule has 0 atom stereocenters. The molecule has 1 aromatic heterocycles. The number of aromatic nitrogens is 2. The average molecular weight is 373 g/mol. The van der Waals surface area contributed by atoms with Gasteiger partial charge in [0.25, 0.3) is 5.91 Å². The average Bonchev–Trinajstić information content (AvgIpc) is 3.08. The molecule has 0 spiro atoms. The molecule has 0 saturated carbocycles. The van der Waals surface area contributed by atoms with Gasteiger partial charge in [0.2, 0.25) is 0 Å². The van der Waals surface area contributed by atoms with Crippen LogP contribution in [0.2, 0.25) is 0 Å². The Morgan fingerprint density at radius 3 is 2.69 bits per heavy atom. The monoisotopic (exact) mass is 373 g/mol. The Hall–Kier alpha value is -3.00. The highest BCUT2D eigenvalue weighted by Gasteiger charge is 2.11. The summed E-state index contributed by atoms with van der Waals surface area (Å²) in [6.45, 7) is 0. The molecule has 1 heterocycles. The van der Waals surface area contributed by atoms with Gasteiger partial charge >= 0.3 is 0 Å². The molecular weight excluding hydrogens is 357 g/mol. The second-order valence-electron chi connectivity index (χ2n) is 5.86. The largest absolute Gasteiger partial charge is 0.322 e. The van der Waals surface area contributed by atoms with Gasteiger partial charge in [0.15, 0.2) is 9.84 Å². The summed E-state index contributed by atoms with van der Waals surface area (Å²) in [5.74, 6) is -1.11. The van der Waals surface area contributed by atoms with Crippen LogP contribution in [0.1, 0.15) is 15.9 Å². The highest BCUT2D eigenvalue weighted by atomic mass is 32.2. The fourth-order valence-corrected chi connectivity index (χ4v) is 3.29. The summed E-state index contributed by atoms with van der Waals surface area (Å²) >= 11 is 0. The molecule has 26 heavy (non-hydrogen) atoms. The Balaban J connectivity index is 1.78. The number of hydrogen-bond acceptors (Lipinski definition) is 4. The first-order chi connectivity index (χ1) is 12.3. The Bertz CT molecular complexity index is 1050. The van der Waals surface area contributed by atoms with E-state index in [4.69, 9.17) is 0 Å². The molecule has 0 radical (unpaired) electrons. The van der Waals surface area contributed by atoms with Crippen molar-refractivity contribution in [3.63, 3.8) is 0 Å². The van der Waals surface area contributed by atoms with E-state index in [-0.39, 0.29) is 5.75 Å². The van der Waals surface area contributed by atoms with Crippen molar-refractivity contribution in [2.75, 3.05) is 11.6 Å². The lowest BCUT2D eigenvalue weighted by Gasteiger charge is -2.09. The van der Waals surface area contributed by atoms with Crippen LogP contribution in [0.3, 0.4) is 0 Å². The van der Waals surface area contributed by atoms with Crippen molar-refractivity contribution in [1.29, 1.82) is 0 Å². The number of nitrogens with zero attached hydrogens (tertiary/aromatic N) is 2. The molecule has 0 aliphatic carbocycles. The number of rotatable bonds is 5. The third-order valence-corrected chi connectivity index (χ3v) is 4.46. The van der Waals surface area contributed by atoms with Crippen molar-refractivity contribution >= 4 is 21.4 Å². The van der Waals surface area contributed by atoms with Crippen molar-refractivity contribution < 1.29 is 17.6 Å². The van der Waals surface area contributed by atoms with Crippen LogP contribution in [0, 0.1) is 5.82 Å². The topological polar surface area (TPSA) is 81.1 Å². The zero-order valence-electron chi connectivity index (χ0n) is 13.9. The molecule has 8 heteroatoms.